The van der Waals surface area contributed by atoms with Crippen LogP contribution in [0.2, 0.25) is 10.0 Å². The Morgan fingerprint density at radius 2 is 1.90 bits per heavy atom. The lowest BCUT2D eigenvalue weighted by Gasteiger charge is -2.30. The van der Waals surface area contributed by atoms with Crippen LogP contribution in [-0.2, 0) is 0 Å². The van der Waals surface area contributed by atoms with Crippen LogP contribution in [0.4, 0.5) is 0 Å². The molecule has 1 heterocycles. The van der Waals surface area contributed by atoms with Gasteiger partial charge >= 0.3 is 0 Å². The summed E-state index contributed by atoms with van der Waals surface area (Å²) in [5.41, 5.74) is 1.58. The van der Waals surface area contributed by atoms with Gasteiger partial charge in [-0.2, -0.15) is 0 Å². The molecule has 5 heteroatoms. The molecule has 0 amide bonds. The molecule has 1 N–H and O–H groups in total. The van der Waals surface area contributed by atoms with Crippen molar-refractivity contribution in [1.29, 1.82) is 0 Å². The van der Waals surface area contributed by atoms with Crippen LogP contribution in [0, 0.1) is 0 Å². The fourth-order valence-corrected chi connectivity index (χ4v) is 3.17. The van der Waals surface area contributed by atoms with Gasteiger partial charge in [-0.1, -0.05) is 39.1 Å². The van der Waals surface area contributed by atoms with E-state index < -0.39 is 6.10 Å². The summed E-state index contributed by atoms with van der Waals surface area (Å²) in [7, 11) is 0. The second kappa shape index (κ2) is 5.57. The first-order valence-corrected chi connectivity index (χ1v) is 7.68. The lowest BCUT2D eigenvalue weighted by Crippen LogP contribution is -2.19. The van der Waals surface area contributed by atoms with E-state index in [9.17, 15) is 5.11 Å². The minimum Gasteiger partial charge on any atom is -0.485 e. The van der Waals surface area contributed by atoms with E-state index in [-0.39, 0.29) is 6.10 Å². The highest BCUT2D eigenvalue weighted by Crippen LogP contribution is 2.43. The molecule has 0 bridgehead atoms. The van der Waals surface area contributed by atoms with Crippen LogP contribution in [0.1, 0.15) is 29.8 Å². The Morgan fingerprint density at radius 3 is 2.70 bits per heavy atom. The molecule has 1 aliphatic rings. The van der Waals surface area contributed by atoms with E-state index in [2.05, 4.69) is 15.9 Å². The first-order valence-electron chi connectivity index (χ1n) is 6.13. The molecule has 0 aliphatic carbocycles. The first kappa shape index (κ1) is 14.2. The standard InChI is InChI=1S/C15H11BrCl2O2/c16-8-1-3-12(18)10(5-8)15-7-13(19)11-6-9(17)2-4-14(11)20-15/h1-6,13,15,19H,7H2/t13-,15?/m0/s1. The number of rotatable bonds is 1. The van der Waals surface area contributed by atoms with Crippen molar-refractivity contribution in [2.45, 2.75) is 18.6 Å². The van der Waals surface area contributed by atoms with Gasteiger partial charge < -0.3 is 9.84 Å². The normalized spacial score (nSPS) is 21.2. The zero-order chi connectivity index (χ0) is 14.3. The predicted octanol–water partition coefficient (Wildman–Crippen LogP) is 5.31. The van der Waals surface area contributed by atoms with Crippen molar-refractivity contribution in [2.75, 3.05) is 0 Å². The van der Waals surface area contributed by atoms with Gasteiger partial charge in [0.05, 0.1) is 6.10 Å². The van der Waals surface area contributed by atoms with Crippen molar-refractivity contribution in [3.63, 3.8) is 0 Å². The zero-order valence-electron chi connectivity index (χ0n) is 10.3. The molecule has 2 aromatic rings. The van der Waals surface area contributed by atoms with E-state index in [0.717, 1.165) is 15.6 Å². The third-order valence-corrected chi connectivity index (χ3v) is 4.41. The van der Waals surface area contributed by atoms with Crippen molar-refractivity contribution in [1.82, 2.24) is 0 Å². The molecule has 2 nitrogen and oxygen atoms in total. The molecule has 0 spiro atoms. The van der Waals surface area contributed by atoms with E-state index >= 15 is 0 Å². The fraction of sp³-hybridized carbons (Fsp3) is 0.200. The Balaban J connectivity index is 1.99. The Labute approximate surface area is 135 Å². The molecule has 0 saturated carbocycles. The van der Waals surface area contributed by atoms with Gasteiger partial charge in [0.2, 0.25) is 0 Å². The monoisotopic (exact) mass is 372 g/mol. The summed E-state index contributed by atoms with van der Waals surface area (Å²) in [5, 5.41) is 11.5. The number of fused-ring (bicyclic) bond motifs is 1. The second-order valence-corrected chi connectivity index (χ2v) is 6.47. The average Bonchev–Trinajstić information content (AvgIpc) is 2.42. The summed E-state index contributed by atoms with van der Waals surface area (Å²) in [6.45, 7) is 0. The van der Waals surface area contributed by atoms with E-state index in [0.29, 0.717) is 22.2 Å². The van der Waals surface area contributed by atoms with E-state index in [1.807, 2.05) is 18.2 Å². The fourth-order valence-electron chi connectivity index (χ4n) is 2.37. The SMILES string of the molecule is O[C@H]1CC(c2cc(Br)ccc2Cl)Oc2ccc(Cl)cc21. The molecule has 0 aromatic heterocycles. The third-order valence-electron chi connectivity index (χ3n) is 3.34. The van der Waals surface area contributed by atoms with Gasteiger partial charge in [0, 0.05) is 32.1 Å². The Hall–Kier alpha value is -0.740. The number of ether oxygens (including phenoxy) is 1. The summed E-state index contributed by atoms with van der Waals surface area (Å²) in [4.78, 5) is 0. The van der Waals surface area contributed by atoms with Crippen LogP contribution in [-0.4, -0.2) is 5.11 Å². The Morgan fingerprint density at radius 1 is 1.10 bits per heavy atom. The molecule has 0 radical (unpaired) electrons. The molecule has 104 valence electrons. The summed E-state index contributed by atoms with van der Waals surface area (Å²) in [5.74, 6) is 0.647. The zero-order valence-corrected chi connectivity index (χ0v) is 13.4. The van der Waals surface area contributed by atoms with Crippen LogP contribution in [0.5, 0.6) is 5.75 Å². The first-order chi connectivity index (χ1) is 9.54. The summed E-state index contributed by atoms with van der Waals surface area (Å²) >= 11 is 15.6. The largest absolute Gasteiger partial charge is 0.485 e. The van der Waals surface area contributed by atoms with Crippen LogP contribution in [0.25, 0.3) is 0 Å². The summed E-state index contributed by atoms with van der Waals surface area (Å²) in [6, 6.07) is 10.9. The number of aliphatic hydroxyl groups is 1. The van der Waals surface area contributed by atoms with Crippen LogP contribution in [0.3, 0.4) is 0 Å². The quantitative estimate of drug-likeness (QED) is 0.733. The van der Waals surface area contributed by atoms with Crippen LogP contribution in [0.15, 0.2) is 40.9 Å². The molecular weight excluding hydrogens is 363 g/mol. The third kappa shape index (κ3) is 2.68. The Kier molecular flexibility index (Phi) is 3.95. The smallest absolute Gasteiger partial charge is 0.128 e. The van der Waals surface area contributed by atoms with Gasteiger partial charge in [-0.25, -0.2) is 0 Å². The number of hydrogen-bond acceptors (Lipinski definition) is 2. The predicted molar refractivity (Wildman–Crippen MR) is 83.5 cm³/mol. The molecule has 2 aromatic carbocycles. The van der Waals surface area contributed by atoms with Crippen molar-refractivity contribution in [3.05, 3.63) is 62.0 Å². The number of hydrogen-bond donors (Lipinski definition) is 1. The number of aliphatic hydroxyl groups excluding tert-OH is 1. The van der Waals surface area contributed by atoms with Crippen molar-refractivity contribution >= 4 is 39.1 Å². The minimum absolute atomic E-state index is 0.274. The molecule has 0 fully saturated rings. The van der Waals surface area contributed by atoms with Gasteiger partial charge in [-0.05, 0) is 36.4 Å². The van der Waals surface area contributed by atoms with Gasteiger partial charge in [0.25, 0.3) is 0 Å². The molecular formula is C15H11BrCl2O2. The maximum atomic E-state index is 10.3. The summed E-state index contributed by atoms with van der Waals surface area (Å²) < 4.78 is 6.88. The minimum atomic E-state index is -0.613. The highest BCUT2D eigenvalue weighted by atomic mass is 79.9. The highest BCUT2D eigenvalue weighted by Gasteiger charge is 2.29. The van der Waals surface area contributed by atoms with Gasteiger partial charge in [-0.3, -0.25) is 0 Å². The maximum Gasteiger partial charge on any atom is 0.128 e. The van der Waals surface area contributed by atoms with Crippen molar-refractivity contribution < 1.29 is 9.84 Å². The summed E-state index contributed by atoms with van der Waals surface area (Å²) in [6.07, 6.45) is -0.440. The molecule has 3 rings (SSSR count). The lowest BCUT2D eigenvalue weighted by atomic mass is 9.95. The van der Waals surface area contributed by atoms with Gasteiger partial charge in [-0.15, -0.1) is 0 Å². The molecule has 1 aliphatic heterocycles. The van der Waals surface area contributed by atoms with Crippen molar-refractivity contribution in [3.8, 4) is 5.75 Å². The molecule has 0 saturated heterocycles. The molecule has 1 unspecified atom stereocenters. The average molecular weight is 374 g/mol. The van der Waals surface area contributed by atoms with Crippen LogP contribution >= 0.6 is 39.1 Å². The second-order valence-electron chi connectivity index (χ2n) is 4.71. The van der Waals surface area contributed by atoms with Gasteiger partial charge in [0.15, 0.2) is 0 Å². The number of halogens is 3. The van der Waals surface area contributed by atoms with E-state index in [1.165, 1.54) is 0 Å². The van der Waals surface area contributed by atoms with E-state index in [4.69, 9.17) is 27.9 Å². The van der Waals surface area contributed by atoms with Crippen LogP contribution < -0.4 is 4.74 Å². The molecule has 20 heavy (non-hydrogen) atoms. The lowest BCUT2D eigenvalue weighted by molar-refractivity contribution is 0.0658. The maximum absolute atomic E-state index is 10.3. The number of benzene rings is 2. The topological polar surface area (TPSA) is 29.5 Å². The van der Waals surface area contributed by atoms with E-state index in [1.54, 1.807) is 18.2 Å². The molecule has 2 atom stereocenters. The van der Waals surface area contributed by atoms with Crippen molar-refractivity contribution in [2.24, 2.45) is 0 Å². The Bertz CT molecular complexity index is 660. The van der Waals surface area contributed by atoms with Gasteiger partial charge in [0.1, 0.15) is 11.9 Å². The highest BCUT2D eigenvalue weighted by molar-refractivity contribution is 9.10.